The molecule has 0 atom stereocenters. The maximum absolute atomic E-state index is 12.4. The second-order valence-electron chi connectivity index (χ2n) is 6.82. The van der Waals surface area contributed by atoms with Crippen molar-refractivity contribution < 1.29 is 14.3 Å². The molecule has 0 spiro atoms. The van der Waals surface area contributed by atoms with E-state index in [0.717, 1.165) is 38.3 Å². The Labute approximate surface area is 161 Å². The lowest BCUT2D eigenvalue weighted by molar-refractivity contribution is -0.133. The van der Waals surface area contributed by atoms with E-state index in [4.69, 9.17) is 9.47 Å². The van der Waals surface area contributed by atoms with Gasteiger partial charge in [0, 0.05) is 31.9 Å². The standard InChI is InChI=1S/C22H28N2O3/c1-3-15-26-20-7-9-21(10-8-20)27-17-22(25)24-13-11-23(12-14-24)19-6-4-5-18(2)16-19/h4-10,16H,3,11-15,17H2,1-2H3. The lowest BCUT2D eigenvalue weighted by atomic mass is 10.2. The first-order chi connectivity index (χ1) is 13.2. The molecular weight excluding hydrogens is 340 g/mol. The van der Waals surface area contributed by atoms with Gasteiger partial charge in [-0.3, -0.25) is 4.79 Å². The van der Waals surface area contributed by atoms with Crippen LogP contribution in [0, 0.1) is 6.92 Å². The van der Waals surface area contributed by atoms with Crippen LogP contribution < -0.4 is 14.4 Å². The molecule has 27 heavy (non-hydrogen) atoms. The number of hydrogen-bond donors (Lipinski definition) is 0. The first-order valence-corrected chi connectivity index (χ1v) is 9.61. The van der Waals surface area contributed by atoms with Crippen LogP contribution in [0.4, 0.5) is 5.69 Å². The van der Waals surface area contributed by atoms with Crippen molar-refractivity contribution >= 4 is 11.6 Å². The highest BCUT2D eigenvalue weighted by atomic mass is 16.5. The van der Waals surface area contributed by atoms with Crippen molar-refractivity contribution in [3.63, 3.8) is 0 Å². The minimum Gasteiger partial charge on any atom is -0.494 e. The molecule has 1 aliphatic heterocycles. The second kappa shape index (κ2) is 9.31. The highest BCUT2D eigenvalue weighted by Crippen LogP contribution is 2.19. The lowest BCUT2D eigenvalue weighted by Crippen LogP contribution is -2.50. The van der Waals surface area contributed by atoms with Gasteiger partial charge in [-0.2, -0.15) is 0 Å². The van der Waals surface area contributed by atoms with Crippen LogP contribution in [0.25, 0.3) is 0 Å². The maximum atomic E-state index is 12.4. The molecule has 0 aliphatic carbocycles. The van der Waals surface area contributed by atoms with E-state index in [2.05, 4.69) is 43.0 Å². The van der Waals surface area contributed by atoms with Crippen LogP contribution in [-0.4, -0.2) is 50.2 Å². The van der Waals surface area contributed by atoms with E-state index in [1.165, 1.54) is 11.3 Å². The molecule has 0 radical (unpaired) electrons. The Morgan fingerprint density at radius 2 is 1.63 bits per heavy atom. The number of benzene rings is 2. The fourth-order valence-electron chi connectivity index (χ4n) is 3.13. The number of aryl methyl sites for hydroxylation is 1. The highest BCUT2D eigenvalue weighted by Gasteiger charge is 2.21. The summed E-state index contributed by atoms with van der Waals surface area (Å²) in [6, 6.07) is 15.9. The predicted octanol–water partition coefficient (Wildman–Crippen LogP) is 3.51. The van der Waals surface area contributed by atoms with E-state index in [1.807, 2.05) is 29.2 Å². The molecule has 0 bridgehead atoms. The van der Waals surface area contributed by atoms with E-state index in [1.54, 1.807) is 0 Å². The normalized spacial score (nSPS) is 14.1. The van der Waals surface area contributed by atoms with Gasteiger partial charge in [0.05, 0.1) is 6.61 Å². The van der Waals surface area contributed by atoms with Crippen molar-refractivity contribution in [2.45, 2.75) is 20.3 Å². The Morgan fingerprint density at radius 1 is 0.963 bits per heavy atom. The van der Waals surface area contributed by atoms with Gasteiger partial charge >= 0.3 is 0 Å². The van der Waals surface area contributed by atoms with Crippen molar-refractivity contribution in [2.75, 3.05) is 44.3 Å². The second-order valence-corrected chi connectivity index (χ2v) is 6.82. The van der Waals surface area contributed by atoms with Crippen LogP contribution in [0.5, 0.6) is 11.5 Å². The summed E-state index contributed by atoms with van der Waals surface area (Å²) < 4.78 is 11.2. The average Bonchev–Trinajstić information content (AvgIpc) is 2.71. The van der Waals surface area contributed by atoms with E-state index in [9.17, 15) is 4.79 Å². The van der Waals surface area contributed by atoms with Gasteiger partial charge in [0.2, 0.25) is 0 Å². The van der Waals surface area contributed by atoms with E-state index >= 15 is 0 Å². The molecule has 1 aliphatic rings. The molecule has 1 saturated heterocycles. The molecule has 1 fully saturated rings. The van der Waals surface area contributed by atoms with Crippen LogP contribution in [0.15, 0.2) is 48.5 Å². The fraction of sp³-hybridized carbons (Fsp3) is 0.409. The van der Waals surface area contributed by atoms with Crippen LogP contribution in [0.1, 0.15) is 18.9 Å². The number of carbonyl (C=O) groups is 1. The van der Waals surface area contributed by atoms with Crippen LogP contribution in [0.3, 0.4) is 0 Å². The van der Waals surface area contributed by atoms with E-state index < -0.39 is 0 Å². The third kappa shape index (κ3) is 5.39. The largest absolute Gasteiger partial charge is 0.494 e. The Kier molecular flexibility index (Phi) is 6.58. The quantitative estimate of drug-likeness (QED) is 0.750. The minimum atomic E-state index is 0.0326. The summed E-state index contributed by atoms with van der Waals surface area (Å²) in [7, 11) is 0. The van der Waals surface area contributed by atoms with Gasteiger partial charge in [0.15, 0.2) is 6.61 Å². The highest BCUT2D eigenvalue weighted by molar-refractivity contribution is 5.78. The summed E-state index contributed by atoms with van der Waals surface area (Å²) in [5, 5.41) is 0. The Balaban J connectivity index is 1.44. The number of ether oxygens (including phenoxy) is 2. The number of nitrogens with zero attached hydrogens (tertiary/aromatic N) is 2. The van der Waals surface area contributed by atoms with Crippen molar-refractivity contribution in [2.24, 2.45) is 0 Å². The maximum Gasteiger partial charge on any atom is 0.260 e. The fourth-order valence-corrected chi connectivity index (χ4v) is 3.13. The molecule has 2 aromatic rings. The average molecular weight is 368 g/mol. The first kappa shape index (κ1) is 19.1. The smallest absolute Gasteiger partial charge is 0.260 e. The number of anilines is 1. The Hall–Kier alpha value is -2.69. The zero-order valence-corrected chi connectivity index (χ0v) is 16.2. The molecule has 1 heterocycles. The molecule has 0 saturated carbocycles. The molecule has 0 aromatic heterocycles. The van der Waals surface area contributed by atoms with Gasteiger partial charge in [-0.25, -0.2) is 0 Å². The monoisotopic (exact) mass is 368 g/mol. The van der Waals surface area contributed by atoms with Gasteiger partial charge in [0.25, 0.3) is 5.91 Å². The topological polar surface area (TPSA) is 42.0 Å². The third-order valence-electron chi connectivity index (χ3n) is 4.66. The molecule has 144 valence electrons. The Bertz CT molecular complexity index is 737. The lowest BCUT2D eigenvalue weighted by Gasteiger charge is -2.36. The molecule has 5 heteroatoms. The summed E-state index contributed by atoms with van der Waals surface area (Å²) in [5.74, 6) is 1.54. The summed E-state index contributed by atoms with van der Waals surface area (Å²) in [6.45, 7) is 8.08. The zero-order chi connectivity index (χ0) is 19.1. The van der Waals surface area contributed by atoms with Crippen LogP contribution in [0.2, 0.25) is 0 Å². The van der Waals surface area contributed by atoms with Gasteiger partial charge in [-0.15, -0.1) is 0 Å². The number of hydrogen-bond acceptors (Lipinski definition) is 4. The number of rotatable bonds is 7. The van der Waals surface area contributed by atoms with E-state index in [0.29, 0.717) is 12.4 Å². The van der Waals surface area contributed by atoms with Crippen LogP contribution in [-0.2, 0) is 4.79 Å². The van der Waals surface area contributed by atoms with E-state index in [-0.39, 0.29) is 12.5 Å². The molecule has 5 nitrogen and oxygen atoms in total. The molecular formula is C22H28N2O3. The zero-order valence-electron chi connectivity index (χ0n) is 16.2. The summed E-state index contributed by atoms with van der Waals surface area (Å²) in [5.41, 5.74) is 2.48. The summed E-state index contributed by atoms with van der Waals surface area (Å²) >= 11 is 0. The van der Waals surface area contributed by atoms with Crippen molar-refractivity contribution in [1.29, 1.82) is 0 Å². The summed E-state index contributed by atoms with van der Waals surface area (Å²) in [6.07, 6.45) is 0.976. The van der Waals surface area contributed by atoms with Gasteiger partial charge in [-0.1, -0.05) is 19.1 Å². The third-order valence-corrected chi connectivity index (χ3v) is 4.66. The Morgan fingerprint density at radius 3 is 2.26 bits per heavy atom. The predicted molar refractivity (Wildman–Crippen MR) is 108 cm³/mol. The molecule has 1 amide bonds. The van der Waals surface area contributed by atoms with Crippen molar-refractivity contribution in [1.82, 2.24) is 4.90 Å². The van der Waals surface area contributed by atoms with Crippen LogP contribution >= 0.6 is 0 Å². The minimum absolute atomic E-state index is 0.0326. The van der Waals surface area contributed by atoms with Crippen molar-refractivity contribution in [3.8, 4) is 11.5 Å². The molecule has 0 unspecified atom stereocenters. The number of amides is 1. The van der Waals surface area contributed by atoms with Gasteiger partial charge in [-0.05, 0) is 55.3 Å². The number of piperazine rings is 1. The number of carbonyl (C=O) groups excluding carboxylic acids is 1. The molecule has 0 N–H and O–H groups in total. The molecule has 3 rings (SSSR count). The van der Waals surface area contributed by atoms with Gasteiger partial charge < -0.3 is 19.3 Å². The molecule has 2 aromatic carbocycles. The first-order valence-electron chi connectivity index (χ1n) is 9.61. The summed E-state index contributed by atoms with van der Waals surface area (Å²) in [4.78, 5) is 16.6. The SMILES string of the molecule is CCCOc1ccc(OCC(=O)N2CCN(c3cccc(C)c3)CC2)cc1. The van der Waals surface area contributed by atoms with Crippen molar-refractivity contribution in [3.05, 3.63) is 54.1 Å². The van der Waals surface area contributed by atoms with Gasteiger partial charge in [0.1, 0.15) is 11.5 Å².